The molecule has 0 aliphatic rings. The first-order valence-electron chi connectivity index (χ1n) is 8.78. The molecule has 6 nitrogen and oxygen atoms in total. The van der Waals surface area contributed by atoms with Gasteiger partial charge in [-0.3, -0.25) is 4.79 Å². The van der Waals surface area contributed by atoms with Gasteiger partial charge in [-0.15, -0.1) is 11.3 Å². The maximum Gasteiger partial charge on any atom is 0.263 e. The molecule has 2 N–H and O–H groups in total. The first-order valence-corrected chi connectivity index (χ1v) is 9.59. The number of hydrogen-bond donors (Lipinski definition) is 2. The summed E-state index contributed by atoms with van der Waals surface area (Å²) in [6.07, 6.45) is 4.74. The number of aliphatic hydroxyl groups excluding tert-OH is 1. The van der Waals surface area contributed by atoms with E-state index in [2.05, 4.69) is 22.4 Å². The average molecular weight is 365 g/mol. The Balaban J connectivity index is 2.04. The van der Waals surface area contributed by atoms with Crippen LogP contribution in [0.25, 0.3) is 0 Å². The van der Waals surface area contributed by atoms with Crippen molar-refractivity contribution in [1.29, 1.82) is 0 Å². The Labute approximate surface area is 152 Å². The number of hydrogen-bond acceptors (Lipinski definition) is 6. The van der Waals surface area contributed by atoms with Crippen molar-refractivity contribution in [2.45, 2.75) is 65.8 Å². The number of amides is 1. The number of rotatable bonds is 9. The van der Waals surface area contributed by atoms with Crippen molar-refractivity contribution in [3.8, 4) is 0 Å². The molecule has 0 bridgehead atoms. The van der Waals surface area contributed by atoms with E-state index >= 15 is 0 Å². The van der Waals surface area contributed by atoms with Crippen molar-refractivity contribution in [3.63, 3.8) is 0 Å². The van der Waals surface area contributed by atoms with Crippen LogP contribution in [0.1, 0.15) is 64.1 Å². The monoisotopic (exact) mass is 365 g/mol. The average Bonchev–Trinajstić information content (AvgIpc) is 3.13. The quantitative estimate of drug-likeness (QED) is 0.713. The second kappa shape index (κ2) is 9.10. The summed E-state index contributed by atoms with van der Waals surface area (Å²) in [5.41, 5.74) is 2.94. The van der Waals surface area contributed by atoms with Crippen LogP contribution in [0.3, 0.4) is 0 Å². The fraction of sp³-hybridized carbons (Fsp3) is 0.611. The van der Waals surface area contributed by atoms with Gasteiger partial charge < -0.3 is 14.9 Å². The lowest BCUT2D eigenvalue weighted by Crippen LogP contribution is -2.34. The number of carbonyl (C=O) groups is 1. The predicted octanol–water partition coefficient (Wildman–Crippen LogP) is 2.99. The lowest BCUT2D eigenvalue weighted by atomic mass is 10.0. The van der Waals surface area contributed by atoms with Gasteiger partial charge in [0.25, 0.3) is 5.91 Å². The van der Waals surface area contributed by atoms with Crippen molar-refractivity contribution >= 4 is 17.2 Å². The van der Waals surface area contributed by atoms with Crippen LogP contribution >= 0.6 is 11.3 Å². The molecule has 0 unspecified atom stereocenters. The highest BCUT2D eigenvalue weighted by Gasteiger charge is 2.18. The summed E-state index contributed by atoms with van der Waals surface area (Å²) in [6.45, 7) is 7.64. The zero-order valence-electron chi connectivity index (χ0n) is 15.4. The molecule has 0 spiro atoms. The Kier molecular flexibility index (Phi) is 7.13. The molecule has 7 heteroatoms. The molecule has 0 saturated carbocycles. The summed E-state index contributed by atoms with van der Waals surface area (Å²) >= 11 is 1.42. The minimum Gasteiger partial charge on any atom is -0.394 e. The van der Waals surface area contributed by atoms with Crippen LogP contribution in [-0.2, 0) is 19.3 Å². The molecule has 2 aromatic heterocycles. The van der Waals surface area contributed by atoms with E-state index < -0.39 is 0 Å². The van der Waals surface area contributed by atoms with Crippen LogP contribution in [0.4, 0.5) is 0 Å². The van der Waals surface area contributed by atoms with Crippen molar-refractivity contribution < 1.29 is 14.4 Å². The highest BCUT2D eigenvalue weighted by Crippen LogP contribution is 2.22. The Bertz CT molecular complexity index is 708. The third-order valence-corrected chi connectivity index (χ3v) is 5.34. The Morgan fingerprint density at radius 1 is 1.32 bits per heavy atom. The SMILES string of the molecule is CCCCc1noc(C)c1CCc1nc(C)c(C(=O)N[C@H](C)CO)s1. The minimum atomic E-state index is -0.266. The lowest BCUT2D eigenvalue weighted by molar-refractivity contribution is 0.0925. The van der Waals surface area contributed by atoms with Gasteiger partial charge in [0.1, 0.15) is 10.6 Å². The van der Waals surface area contributed by atoms with Gasteiger partial charge in [0.15, 0.2) is 0 Å². The molecule has 0 aromatic carbocycles. The number of unbranched alkanes of at least 4 members (excludes halogenated alkanes) is 1. The fourth-order valence-electron chi connectivity index (χ4n) is 2.63. The lowest BCUT2D eigenvalue weighted by Gasteiger charge is -2.09. The highest BCUT2D eigenvalue weighted by atomic mass is 32.1. The molecule has 25 heavy (non-hydrogen) atoms. The summed E-state index contributed by atoms with van der Waals surface area (Å²) in [4.78, 5) is 17.4. The smallest absolute Gasteiger partial charge is 0.263 e. The van der Waals surface area contributed by atoms with Crippen molar-refractivity contribution in [2.24, 2.45) is 0 Å². The van der Waals surface area contributed by atoms with Gasteiger partial charge >= 0.3 is 0 Å². The number of aliphatic hydroxyl groups is 1. The standard InChI is InChI=1S/C18H27N3O3S/c1-5-6-7-15-14(13(4)24-21-15)8-9-16-20-12(3)17(25-16)18(23)19-11(2)10-22/h11,22H,5-10H2,1-4H3,(H,19,23)/t11-/m1/s1. The van der Waals surface area contributed by atoms with E-state index in [9.17, 15) is 4.79 Å². The topological polar surface area (TPSA) is 88.2 Å². The van der Waals surface area contributed by atoms with Gasteiger partial charge in [0.05, 0.1) is 23.0 Å². The van der Waals surface area contributed by atoms with Gasteiger partial charge in [-0.05, 0) is 40.0 Å². The molecule has 0 fully saturated rings. The molecule has 0 aliphatic carbocycles. The van der Waals surface area contributed by atoms with Crippen LogP contribution in [0.5, 0.6) is 0 Å². The van der Waals surface area contributed by atoms with E-state index in [-0.39, 0.29) is 18.6 Å². The molecule has 0 radical (unpaired) electrons. The minimum absolute atomic E-state index is 0.0796. The van der Waals surface area contributed by atoms with Gasteiger partial charge in [0, 0.05) is 18.0 Å². The number of thiazole rings is 1. The molecular formula is C18H27N3O3S. The molecule has 2 aromatic rings. The zero-order chi connectivity index (χ0) is 18.4. The van der Waals surface area contributed by atoms with Crippen molar-refractivity contribution in [2.75, 3.05) is 6.61 Å². The molecule has 2 heterocycles. The first kappa shape index (κ1) is 19.6. The van der Waals surface area contributed by atoms with Crippen LogP contribution in [0.2, 0.25) is 0 Å². The number of aromatic nitrogens is 2. The molecule has 1 atom stereocenters. The summed E-state index contributed by atoms with van der Waals surface area (Å²) in [6, 6.07) is -0.266. The van der Waals surface area contributed by atoms with E-state index in [1.54, 1.807) is 6.92 Å². The second-order valence-corrected chi connectivity index (χ2v) is 7.43. The zero-order valence-corrected chi connectivity index (χ0v) is 16.2. The molecule has 0 saturated heterocycles. The van der Waals surface area contributed by atoms with E-state index in [1.165, 1.54) is 16.9 Å². The van der Waals surface area contributed by atoms with Gasteiger partial charge in [0.2, 0.25) is 0 Å². The van der Waals surface area contributed by atoms with Crippen LogP contribution in [0, 0.1) is 13.8 Å². The number of carbonyl (C=O) groups excluding carboxylic acids is 1. The molecule has 2 rings (SSSR count). The van der Waals surface area contributed by atoms with Crippen LogP contribution in [0.15, 0.2) is 4.52 Å². The number of nitrogens with zero attached hydrogens (tertiary/aromatic N) is 2. The summed E-state index contributed by atoms with van der Waals surface area (Å²) in [5.74, 6) is 0.696. The number of nitrogens with one attached hydrogen (secondary N) is 1. The molecule has 1 amide bonds. The van der Waals surface area contributed by atoms with E-state index in [1.807, 2.05) is 13.8 Å². The Hall–Kier alpha value is -1.73. The van der Waals surface area contributed by atoms with Crippen LogP contribution < -0.4 is 5.32 Å². The van der Waals surface area contributed by atoms with Gasteiger partial charge in [-0.25, -0.2) is 4.98 Å². The Morgan fingerprint density at radius 2 is 2.08 bits per heavy atom. The first-order chi connectivity index (χ1) is 12.0. The maximum absolute atomic E-state index is 12.2. The normalized spacial score (nSPS) is 12.4. The van der Waals surface area contributed by atoms with Gasteiger partial charge in [-0.1, -0.05) is 18.5 Å². The summed E-state index contributed by atoms with van der Waals surface area (Å²) < 4.78 is 5.35. The highest BCUT2D eigenvalue weighted by molar-refractivity contribution is 7.13. The number of aryl methyl sites for hydroxylation is 4. The molecular weight excluding hydrogens is 338 g/mol. The fourth-order valence-corrected chi connectivity index (χ4v) is 3.60. The summed E-state index contributed by atoms with van der Waals surface area (Å²) in [5, 5.41) is 16.9. The second-order valence-electron chi connectivity index (χ2n) is 6.35. The summed E-state index contributed by atoms with van der Waals surface area (Å²) in [7, 11) is 0. The van der Waals surface area contributed by atoms with Crippen LogP contribution in [-0.4, -0.2) is 33.8 Å². The third kappa shape index (κ3) is 5.12. The molecule has 0 aliphatic heterocycles. The Morgan fingerprint density at radius 3 is 2.76 bits per heavy atom. The maximum atomic E-state index is 12.2. The van der Waals surface area contributed by atoms with Crippen molar-refractivity contribution in [3.05, 3.63) is 32.6 Å². The molecule has 138 valence electrons. The largest absolute Gasteiger partial charge is 0.394 e. The van der Waals surface area contributed by atoms with E-state index in [0.717, 1.165) is 54.3 Å². The van der Waals surface area contributed by atoms with E-state index in [4.69, 9.17) is 9.63 Å². The third-order valence-electron chi connectivity index (χ3n) is 4.12. The predicted molar refractivity (Wildman–Crippen MR) is 98.1 cm³/mol. The van der Waals surface area contributed by atoms with E-state index in [0.29, 0.717) is 4.88 Å². The van der Waals surface area contributed by atoms with Crippen molar-refractivity contribution in [1.82, 2.24) is 15.5 Å². The van der Waals surface area contributed by atoms with Gasteiger partial charge in [-0.2, -0.15) is 0 Å².